The first-order valence-electron chi connectivity index (χ1n) is 9.64. The monoisotopic (exact) mass is 478 g/mol. The van der Waals surface area contributed by atoms with E-state index >= 15 is 0 Å². The van der Waals surface area contributed by atoms with E-state index in [1.165, 1.54) is 6.07 Å². The van der Waals surface area contributed by atoms with Gasteiger partial charge in [-0.3, -0.25) is 4.79 Å². The minimum absolute atomic E-state index is 0.00468. The lowest BCUT2D eigenvalue weighted by molar-refractivity contribution is -0.270. The van der Waals surface area contributed by atoms with Crippen molar-refractivity contribution >= 4 is 16.9 Å². The van der Waals surface area contributed by atoms with E-state index in [4.69, 9.17) is 19.0 Å². The number of carbonyl (C=O) groups is 1. The summed E-state index contributed by atoms with van der Waals surface area (Å²) < 4.78 is 15.9. The van der Waals surface area contributed by atoms with Crippen molar-refractivity contribution in [2.45, 2.75) is 30.7 Å². The SMILES string of the molecule is O=C(O)C1OC(Oc2cc(O)cc3oc(-c4ccc(O)c(O)c4)c(O)c(=O)c23)C(O)C(O)C1O. The number of aromatic hydroxyl groups is 4. The fourth-order valence-corrected chi connectivity index (χ4v) is 3.49. The largest absolute Gasteiger partial charge is 0.508 e. The zero-order valence-corrected chi connectivity index (χ0v) is 16.9. The van der Waals surface area contributed by atoms with Gasteiger partial charge >= 0.3 is 5.97 Å². The highest BCUT2D eigenvalue weighted by molar-refractivity contribution is 5.88. The highest BCUT2D eigenvalue weighted by Crippen LogP contribution is 2.39. The molecule has 13 nitrogen and oxygen atoms in total. The number of hydrogen-bond acceptors (Lipinski definition) is 12. The van der Waals surface area contributed by atoms with Crippen LogP contribution in [0.5, 0.6) is 28.7 Å². The number of aliphatic hydroxyl groups excluding tert-OH is 3. The van der Waals surface area contributed by atoms with Gasteiger partial charge in [-0.25, -0.2) is 4.79 Å². The van der Waals surface area contributed by atoms with Crippen LogP contribution in [0.15, 0.2) is 39.5 Å². The van der Waals surface area contributed by atoms with Gasteiger partial charge in [-0.05, 0) is 18.2 Å². The number of rotatable bonds is 4. The molecule has 1 saturated heterocycles. The first kappa shape index (κ1) is 23.1. The second kappa shape index (κ2) is 8.39. The van der Waals surface area contributed by atoms with Crippen LogP contribution in [-0.2, 0) is 9.53 Å². The molecule has 0 bridgehead atoms. The van der Waals surface area contributed by atoms with Crippen LogP contribution in [-0.4, -0.2) is 77.5 Å². The molecule has 34 heavy (non-hydrogen) atoms. The van der Waals surface area contributed by atoms with Crippen LogP contribution in [0.25, 0.3) is 22.3 Å². The maximum Gasteiger partial charge on any atom is 0.335 e. The van der Waals surface area contributed by atoms with Crippen molar-refractivity contribution in [1.29, 1.82) is 0 Å². The lowest BCUT2D eigenvalue weighted by atomic mass is 9.99. The molecule has 2 heterocycles. The predicted molar refractivity (Wildman–Crippen MR) is 110 cm³/mol. The van der Waals surface area contributed by atoms with Crippen molar-refractivity contribution in [2.24, 2.45) is 0 Å². The third-order valence-corrected chi connectivity index (χ3v) is 5.21. The maximum atomic E-state index is 12.9. The van der Waals surface area contributed by atoms with Crippen LogP contribution in [0.4, 0.5) is 0 Å². The number of carboxylic acids is 1. The molecule has 3 aromatic rings. The molecule has 0 aliphatic carbocycles. The summed E-state index contributed by atoms with van der Waals surface area (Å²) >= 11 is 0. The Hall–Kier alpha value is -4.04. The summed E-state index contributed by atoms with van der Waals surface area (Å²) in [5, 5.41) is 78.3. The molecule has 4 rings (SSSR count). The Balaban J connectivity index is 1.82. The van der Waals surface area contributed by atoms with Gasteiger partial charge in [-0.2, -0.15) is 0 Å². The Labute approximate surface area is 188 Å². The van der Waals surface area contributed by atoms with Gasteiger partial charge < -0.3 is 54.7 Å². The van der Waals surface area contributed by atoms with Gasteiger partial charge in [-0.1, -0.05) is 0 Å². The van der Waals surface area contributed by atoms with E-state index < -0.39 is 82.0 Å². The van der Waals surface area contributed by atoms with Crippen molar-refractivity contribution < 1.29 is 59.5 Å². The molecule has 0 saturated carbocycles. The number of ether oxygens (including phenoxy) is 2. The molecule has 1 aliphatic heterocycles. The standard InChI is InChI=1S/C21H18O13/c22-7-4-10-12(13(25)15(27)18(32-10)6-1-2-8(23)9(24)3-6)11(5-7)33-21-17(29)14(26)16(28)19(34-21)20(30)31/h1-5,14,16-17,19,21-24,26-29H,(H,30,31). The van der Waals surface area contributed by atoms with Gasteiger partial charge in [0.1, 0.15) is 40.8 Å². The normalized spacial score (nSPS) is 24.7. The molecule has 13 heteroatoms. The molecule has 1 aliphatic rings. The van der Waals surface area contributed by atoms with Crippen molar-refractivity contribution in [3.63, 3.8) is 0 Å². The lowest BCUT2D eigenvalue weighted by Gasteiger charge is -2.38. The molecule has 8 N–H and O–H groups in total. The van der Waals surface area contributed by atoms with Gasteiger partial charge in [-0.15, -0.1) is 0 Å². The summed E-state index contributed by atoms with van der Waals surface area (Å²) in [6.45, 7) is 0. The van der Waals surface area contributed by atoms with E-state index in [0.29, 0.717) is 0 Å². The number of benzene rings is 2. The Morgan fingerprint density at radius 2 is 1.62 bits per heavy atom. The van der Waals surface area contributed by atoms with Crippen LogP contribution < -0.4 is 10.2 Å². The number of phenolic OH excluding ortho intramolecular Hbond substituents is 3. The second-order valence-corrected chi connectivity index (χ2v) is 7.48. The molecular formula is C21H18O13. The molecule has 0 spiro atoms. The molecule has 0 amide bonds. The second-order valence-electron chi connectivity index (χ2n) is 7.48. The van der Waals surface area contributed by atoms with Gasteiger partial charge in [0.15, 0.2) is 23.4 Å². The number of hydrogen-bond donors (Lipinski definition) is 8. The van der Waals surface area contributed by atoms with Crippen LogP contribution in [0.3, 0.4) is 0 Å². The van der Waals surface area contributed by atoms with Crippen molar-refractivity contribution in [2.75, 3.05) is 0 Å². The molecule has 180 valence electrons. The molecule has 5 unspecified atom stereocenters. The zero-order valence-electron chi connectivity index (χ0n) is 16.9. The molecule has 0 radical (unpaired) electrons. The van der Waals surface area contributed by atoms with E-state index in [-0.39, 0.29) is 11.1 Å². The van der Waals surface area contributed by atoms with Crippen molar-refractivity contribution in [3.05, 3.63) is 40.6 Å². The number of phenols is 3. The first-order valence-corrected chi connectivity index (χ1v) is 9.64. The van der Waals surface area contributed by atoms with Crippen LogP contribution in [0.1, 0.15) is 0 Å². The third-order valence-electron chi connectivity index (χ3n) is 5.21. The van der Waals surface area contributed by atoms with Crippen LogP contribution in [0.2, 0.25) is 0 Å². The highest BCUT2D eigenvalue weighted by atomic mass is 16.7. The van der Waals surface area contributed by atoms with Gasteiger partial charge in [0.25, 0.3) is 0 Å². The van der Waals surface area contributed by atoms with E-state index in [2.05, 4.69) is 0 Å². The molecule has 5 atom stereocenters. The fourth-order valence-electron chi connectivity index (χ4n) is 3.49. The number of aliphatic hydroxyl groups is 3. The highest BCUT2D eigenvalue weighted by Gasteiger charge is 2.48. The van der Waals surface area contributed by atoms with Gasteiger partial charge in [0, 0.05) is 17.7 Å². The maximum absolute atomic E-state index is 12.9. The quantitative estimate of drug-likeness (QED) is 0.223. The first-order chi connectivity index (χ1) is 16.0. The van der Waals surface area contributed by atoms with Crippen molar-refractivity contribution in [3.8, 4) is 40.1 Å². The van der Waals surface area contributed by atoms with E-state index in [1.807, 2.05) is 0 Å². The van der Waals surface area contributed by atoms with Crippen LogP contribution >= 0.6 is 0 Å². The van der Waals surface area contributed by atoms with Crippen LogP contribution in [0, 0.1) is 0 Å². The Morgan fingerprint density at radius 3 is 2.26 bits per heavy atom. The summed E-state index contributed by atoms with van der Waals surface area (Å²) in [6, 6.07) is 5.25. The lowest BCUT2D eigenvalue weighted by Crippen LogP contribution is -2.61. The minimum Gasteiger partial charge on any atom is -0.508 e. The number of fused-ring (bicyclic) bond motifs is 1. The number of aliphatic carboxylic acids is 1. The summed E-state index contributed by atoms with van der Waals surface area (Å²) in [4.78, 5) is 24.2. The number of carboxylic acid groups (broad SMARTS) is 1. The Bertz CT molecular complexity index is 1330. The molecule has 2 aromatic carbocycles. The van der Waals surface area contributed by atoms with E-state index in [0.717, 1.165) is 24.3 Å². The van der Waals surface area contributed by atoms with Gasteiger partial charge in [0.2, 0.25) is 17.5 Å². The third kappa shape index (κ3) is 3.82. The average Bonchev–Trinajstić information content (AvgIpc) is 2.77. The average molecular weight is 478 g/mol. The fraction of sp³-hybridized carbons (Fsp3) is 0.238. The molecule has 1 fully saturated rings. The van der Waals surface area contributed by atoms with E-state index in [1.54, 1.807) is 0 Å². The summed E-state index contributed by atoms with van der Waals surface area (Å²) in [5.74, 6) is -5.03. The summed E-state index contributed by atoms with van der Waals surface area (Å²) in [5.41, 5.74) is -1.38. The summed E-state index contributed by atoms with van der Waals surface area (Å²) in [7, 11) is 0. The summed E-state index contributed by atoms with van der Waals surface area (Å²) in [6.07, 6.45) is -9.80. The Kier molecular flexibility index (Phi) is 5.70. The predicted octanol–water partition coefficient (Wildman–Crippen LogP) is -0.447. The Morgan fingerprint density at radius 1 is 0.912 bits per heavy atom. The topological polar surface area (TPSA) is 228 Å². The molecule has 1 aromatic heterocycles. The van der Waals surface area contributed by atoms with Gasteiger partial charge in [0.05, 0.1) is 0 Å². The zero-order chi connectivity index (χ0) is 24.9. The van der Waals surface area contributed by atoms with E-state index in [9.17, 15) is 45.3 Å². The smallest absolute Gasteiger partial charge is 0.335 e. The van der Waals surface area contributed by atoms with Crippen molar-refractivity contribution in [1.82, 2.24) is 0 Å². The molecular weight excluding hydrogens is 460 g/mol. The minimum atomic E-state index is -1.98.